The molecule has 1 aromatic heterocycles. The molecule has 1 aliphatic heterocycles. The van der Waals surface area contributed by atoms with Crippen LogP contribution >= 0.6 is 0 Å². The van der Waals surface area contributed by atoms with Crippen LogP contribution in [-0.4, -0.2) is 34.8 Å². The van der Waals surface area contributed by atoms with Gasteiger partial charge in [-0.25, -0.2) is 0 Å². The van der Waals surface area contributed by atoms with Crippen LogP contribution in [0.1, 0.15) is 25.3 Å². The van der Waals surface area contributed by atoms with E-state index >= 15 is 0 Å². The van der Waals surface area contributed by atoms with Gasteiger partial charge in [0.05, 0.1) is 5.92 Å². The first-order valence-electron chi connectivity index (χ1n) is 6.65. The smallest absolute Gasteiger partial charge is 0.225 e. The van der Waals surface area contributed by atoms with Gasteiger partial charge in [-0.1, -0.05) is 13.0 Å². The average Bonchev–Trinajstić information content (AvgIpc) is 2.79. The maximum absolute atomic E-state index is 12.0. The second kappa shape index (κ2) is 6.31. The number of nitrogens with zero attached hydrogens (tertiary/aromatic N) is 2. The SMILES string of the molecule is CCCN1C[C@H](C(=O)NCc2cccnc2)CC1=O. The second-order valence-electron chi connectivity index (χ2n) is 4.82. The molecule has 2 rings (SSSR count). The van der Waals surface area contributed by atoms with Crippen LogP contribution in [0, 0.1) is 5.92 Å². The number of rotatable bonds is 5. The Bertz CT molecular complexity index is 447. The molecule has 1 N–H and O–H groups in total. The number of carbonyl (C=O) groups excluding carboxylic acids is 2. The molecule has 5 heteroatoms. The van der Waals surface area contributed by atoms with Gasteiger partial charge in [0.15, 0.2) is 0 Å². The summed E-state index contributed by atoms with van der Waals surface area (Å²) in [6, 6.07) is 3.75. The van der Waals surface area contributed by atoms with Crippen LogP contribution < -0.4 is 5.32 Å². The third-order valence-electron chi connectivity index (χ3n) is 3.27. The number of aromatic nitrogens is 1. The molecule has 1 aromatic rings. The summed E-state index contributed by atoms with van der Waals surface area (Å²) in [6.45, 7) is 3.78. The molecule has 1 aliphatic rings. The van der Waals surface area contributed by atoms with Gasteiger partial charge < -0.3 is 10.2 Å². The molecule has 2 heterocycles. The minimum atomic E-state index is -0.212. The molecule has 0 aromatic carbocycles. The minimum absolute atomic E-state index is 0.0455. The Kier molecular flexibility index (Phi) is 4.49. The molecule has 102 valence electrons. The molecule has 1 atom stereocenters. The molecule has 2 amide bonds. The first-order valence-corrected chi connectivity index (χ1v) is 6.65. The van der Waals surface area contributed by atoms with Crippen LogP contribution in [0.25, 0.3) is 0 Å². The van der Waals surface area contributed by atoms with Gasteiger partial charge in [-0.05, 0) is 18.1 Å². The molecule has 0 spiro atoms. The van der Waals surface area contributed by atoms with E-state index in [1.807, 2.05) is 19.1 Å². The number of likely N-dealkylation sites (tertiary alicyclic amines) is 1. The van der Waals surface area contributed by atoms with Gasteiger partial charge in [-0.3, -0.25) is 14.6 Å². The molecule has 5 nitrogen and oxygen atoms in total. The van der Waals surface area contributed by atoms with E-state index in [1.165, 1.54) is 0 Å². The van der Waals surface area contributed by atoms with Crippen molar-refractivity contribution in [3.05, 3.63) is 30.1 Å². The molecular formula is C14H19N3O2. The summed E-state index contributed by atoms with van der Waals surface area (Å²) >= 11 is 0. The van der Waals surface area contributed by atoms with Crippen molar-refractivity contribution in [2.45, 2.75) is 26.3 Å². The Morgan fingerprint density at radius 3 is 3.11 bits per heavy atom. The van der Waals surface area contributed by atoms with Crippen molar-refractivity contribution in [1.29, 1.82) is 0 Å². The van der Waals surface area contributed by atoms with Crippen molar-refractivity contribution in [1.82, 2.24) is 15.2 Å². The zero-order valence-electron chi connectivity index (χ0n) is 11.1. The van der Waals surface area contributed by atoms with E-state index < -0.39 is 0 Å². The van der Waals surface area contributed by atoms with E-state index in [0.717, 1.165) is 18.5 Å². The summed E-state index contributed by atoms with van der Waals surface area (Å²) in [5.74, 6) is -0.171. The second-order valence-corrected chi connectivity index (χ2v) is 4.82. The Labute approximate surface area is 113 Å². The number of hydrogen-bond acceptors (Lipinski definition) is 3. The lowest BCUT2D eigenvalue weighted by atomic mass is 10.1. The lowest BCUT2D eigenvalue weighted by Crippen LogP contribution is -2.32. The zero-order valence-corrected chi connectivity index (χ0v) is 11.1. The molecule has 1 saturated heterocycles. The third kappa shape index (κ3) is 3.53. The molecule has 0 saturated carbocycles. The van der Waals surface area contributed by atoms with Gasteiger partial charge in [0, 0.05) is 38.4 Å². The van der Waals surface area contributed by atoms with Crippen LogP contribution in [-0.2, 0) is 16.1 Å². The van der Waals surface area contributed by atoms with Crippen molar-refractivity contribution >= 4 is 11.8 Å². The summed E-state index contributed by atoms with van der Waals surface area (Å²) in [5, 5.41) is 2.87. The largest absolute Gasteiger partial charge is 0.352 e. The number of hydrogen-bond donors (Lipinski definition) is 1. The summed E-state index contributed by atoms with van der Waals surface area (Å²) in [7, 11) is 0. The Hall–Kier alpha value is -1.91. The van der Waals surface area contributed by atoms with E-state index in [9.17, 15) is 9.59 Å². The molecule has 0 radical (unpaired) electrons. The number of nitrogens with one attached hydrogen (secondary N) is 1. The summed E-state index contributed by atoms with van der Waals surface area (Å²) in [5.41, 5.74) is 0.964. The van der Waals surface area contributed by atoms with Gasteiger partial charge in [0.25, 0.3) is 0 Å². The molecule has 19 heavy (non-hydrogen) atoms. The van der Waals surface area contributed by atoms with Crippen LogP contribution in [0.15, 0.2) is 24.5 Å². The van der Waals surface area contributed by atoms with Crippen molar-refractivity contribution in [2.75, 3.05) is 13.1 Å². The molecule has 1 fully saturated rings. The first-order chi connectivity index (χ1) is 9.20. The van der Waals surface area contributed by atoms with Crippen LogP contribution in [0.3, 0.4) is 0 Å². The van der Waals surface area contributed by atoms with Crippen molar-refractivity contribution in [2.24, 2.45) is 5.92 Å². The maximum Gasteiger partial charge on any atom is 0.225 e. The normalized spacial score (nSPS) is 18.7. The van der Waals surface area contributed by atoms with Crippen LogP contribution in [0.5, 0.6) is 0 Å². The quantitative estimate of drug-likeness (QED) is 0.858. The van der Waals surface area contributed by atoms with Crippen molar-refractivity contribution in [3.63, 3.8) is 0 Å². The van der Waals surface area contributed by atoms with Gasteiger partial charge in [0.2, 0.25) is 11.8 Å². The molecule has 0 unspecified atom stereocenters. The van der Waals surface area contributed by atoms with E-state index in [4.69, 9.17) is 0 Å². The Morgan fingerprint density at radius 1 is 1.58 bits per heavy atom. The zero-order chi connectivity index (χ0) is 13.7. The van der Waals surface area contributed by atoms with Crippen molar-refractivity contribution < 1.29 is 9.59 Å². The first kappa shape index (κ1) is 13.5. The Balaban J connectivity index is 1.83. The highest BCUT2D eigenvalue weighted by molar-refractivity contribution is 5.89. The fourth-order valence-electron chi connectivity index (χ4n) is 2.27. The lowest BCUT2D eigenvalue weighted by molar-refractivity contribution is -0.129. The predicted molar refractivity (Wildman–Crippen MR) is 71.1 cm³/mol. The molecular weight excluding hydrogens is 242 g/mol. The van der Waals surface area contributed by atoms with Crippen LogP contribution in [0.4, 0.5) is 0 Å². The van der Waals surface area contributed by atoms with Gasteiger partial charge >= 0.3 is 0 Å². The van der Waals surface area contributed by atoms with E-state index in [-0.39, 0.29) is 17.7 Å². The average molecular weight is 261 g/mol. The third-order valence-corrected chi connectivity index (χ3v) is 3.27. The predicted octanol–water partition coefficient (Wildman–Crippen LogP) is 0.956. The van der Waals surface area contributed by atoms with Crippen LogP contribution in [0.2, 0.25) is 0 Å². The number of carbonyl (C=O) groups is 2. The fraction of sp³-hybridized carbons (Fsp3) is 0.500. The van der Waals surface area contributed by atoms with E-state index in [0.29, 0.717) is 19.5 Å². The highest BCUT2D eigenvalue weighted by Crippen LogP contribution is 2.18. The van der Waals surface area contributed by atoms with E-state index in [2.05, 4.69) is 10.3 Å². The standard InChI is InChI=1S/C14H19N3O2/c1-2-6-17-10-12(7-13(17)18)14(19)16-9-11-4-3-5-15-8-11/h3-5,8,12H,2,6-7,9-10H2,1H3,(H,16,19)/t12-/m1/s1. The van der Waals surface area contributed by atoms with Gasteiger partial charge in [-0.2, -0.15) is 0 Å². The monoisotopic (exact) mass is 261 g/mol. The number of pyridine rings is 1. The number of amides is 2. The molecule has 0 bridgehead atoms. The van der Waals surface area contributed by atoms with Crippen molar-refractivity contribution in [3.8, 4) is 0 Å². The summed E-state index contributed by atoms with van der Waals surface area (Å²) in [4.78, 5) is 29.5. The summed E-state index contributed by atoms with van der Waals surface area (Å²) < 4.78 is 0. The lowest BCUT2D eigenvalue weighted by Gasteiger charge is -2.15. The van der Waals surface area contributed by atoms with Gasteiger partial charge in [-0.15, -0.1) is 0 Å². The minimum Gasteiger partial charge on any atom is -0.352 e. The fourth-order valence-corrected chi connectivity index (χ4v) is 2.27. The van der Waals surface area contributed by atoms with Gasteiger partial charge in [0.1, 0.15) is 0 Å². The van der Waals surface area contributed by atoms with E-state index in [1.54, 1.807) is 17.3 Å². The Morgan fingerprint density at radius 2 is 2.42 bits per heavy atom. The molecule has 0 aliphatic carbocycles. The summed E-state index contributed by atoms with van der Waals surface area (Å²) in [6.07, 6.45) is 4.68. The highest BCUT2D eigenvalue weighted by atomic mass is 16.2. The topological polar surface area (TPSA) is 62.3 Å². The highest BCUT2D eigenvalue weighted by Gasteiger charge is 2.33. The maximum atomic E-state index is 12.0.